The van der Waals surface area contributed by atoms with Crippen LogP contribution in [0, 0.1) is 6.92 Å². The first-order valence-electron chi connectivity index (χ1n) is 11.2. The number of anilines is 1. The largest absolute Gasteiger partial charge is 0.480 e. The van der Waals surface area contributed by atoms with E-state index in [4.69, 9.17) is 27.7 Å². The Morgan fingerprint density at radius 2 is 1.72 bits per heavy atom. The molecule has 0 bridgehead atoms. The Bertz CT molecular complexity index is 1520. The van der Waals surface area contributed by atoms with E-state index >= 15 is 0 Å². The molecule has 0 aliphatic carbocycles. The maximum absolute atomic E-state index is 13.8. The second-order valence-corrected chi connectivity index (χ2v) is 11.0. The zero-order valence-corrected chi connectivity index (χ0v) is 21.8. The number of nitrogens with zero attached hydrogens (tertiary/aromatic N) is 3. The van der Waals surface area contributed by atoms with Crippen LogP contribution in [-0.4, -0.2) is 35.7 Å². The van der Waals surface area contributed by atoms with Gasteiger partial charge in [0, 0.05) is 15.6 Å². The van der Waals surface area contributed by atoms with Crippen molar-refractivity contribution in [3.8, 4) is 11.5 Å². The van der Waals surface area contributed by atoms with Crippen LogP contribution < -0.4 is 4.31 Å². The van der Waals surface area contributed by atoms with Crippen LogP contribution in [0.2, 0.25) is 10.0 Å². The molecule has 0 fully saturated rings. The van der Waals surface area contributed by atoms with Gasteiger partial charge in [0.15, 0.2) is 5.82 Å². The van der Waals surface area contributed by atoms with E-state index in [0.717, 1.165) is 9.69 Å². The molecule has 188 valence electrons. The van der Waals surface area contributed by atoms with E-state index in [1.807, 2.05) is 13.0 Å². The SMILES string of the molecule is CCCCC(C(=O)O)N(c1ccc2cc(-c3nc(C)no3)ccc2c1)S(=O)(=O)c1cc(Cl)cc(Cl)c1. The summed E-state index contributed by atoms with van der Waals surface area (Å²) in [5.41, 5.74) is 0.920. The van der Waals surface area contributed by atoms with Crippen molar-refractivity contribution >= 4 is 55.7 Å². The number of rotatable bonds is 9. The summed E-state index contributed by atoms with van der Waals surface area (Å²) >= 11 is 12.2. The van der Waals surface area contributed by atoms with Gasteiger partial charge >= 0.3 is 5.97 Å². The Morgan fingerprint density at radius 3 is 2.33 bits per heavy atom. The number of sulfonamides is 1. The molecule has 11 heteroatoms. The molecule has 0 aliphatic rings. The Morgan fingerprint density at radius 1 is 1.06 bits per heavy atom. The number of hydrogen-bond donors (Lipinski definition) is 1. The molecule has 0 radical (unpaired) electrons. The average molecular weight is 548 g/mol. The Labute approximate surface area is 218 Å². The van der Waals surface area contributed by atoms with Gasteiger partial charge < -0.3 is 9.63 Å². The van der Waals surface area contributed by atoms with Crippen molar-refractivity contribution < 1.29 is 22.8 Å². The van der Waals surface area contributed by atoms with E-state index < -0.39 is 22.0 Å². The van der Waals surface area contributed by atoms with Crippen LogP contribution in [0.15, 0.2) is 64.0 Å². The molecule has 1 aromatic heterocycles. The van der Waals surface area contributed by atoms with Gasteiger partial charge in [-0.1, -0.05) is 60.3 Å². The van der Waals surface area contributed by atoms with Crippen molar-refractivity contribution in [3.63, 3.8) is 0 Å². The number of carbonyl (C=O) groups is 1. The molecule has 0 saturated carbocycles. The molecular formula is C25H23Cl2N3O5S. The summed E-state index contributed by atoms with van der Waals surface area (Å²) < 4.78 is 33.9. The highest BCUT2D eigenvalue weighted by molar-refractivity contribution is 7.93. The molecule has 1 heterocycles. The van der Waals surface area contributed by atoms with Crippen molar-refractivity contribution in [2.45, 2.75) is 44.0 Å². The summed E-state index contributed by atoms with van der Waals surface area (Å²) in [6, 6.07) is 13.0. The lowest BCUT2D eigenvalue weighted by Gasteiger charge is -2.30. The molecule has 1 N–H and O–H groups in total. The number of benzene rings is 3. The first-order valence-corrected chi connectivity index (χ1v) is 13.4. The molecule has 0 saturated heterocycles. The van der Waals surface area contributed by atoms with Crippen molar-refractivity contribution in [1.82, 2.24) is 10.1 Å². The van der Waals surface area contributed by atoms with E-state index in [-0.39, 0.29) is 27.0 Å². The molecule has 4 aromatic rings. The van der Waals surface area contributed by atoms with Crippen molar-refractivity contribution in [2.75, 3.05) is 4.31 Å². The zero-order valence-electron chi connectivity index (χ0n) is 19.5. The number of unbranched alkanes of at least 4 members (excludes halogenated alkanes) is 1. The number of aromatic nitrogens is 2. The van der Waals surface area contributed by atoms with Crippen LogP contribution in [0.5, 0.6) is 0 Å². The fourth-order valence-corrected chi connectivity index (χ4v) is 6.29. The van der Waals surface area contributed by atoms with Crippen LogP contribution in [0.3, 0.4) is 0 Å². The van der Waals surface area contributed by atoms with Crippen LogP contribution in [0.4, 0.5) is 5.69 Å². The molecule has 4 rings (SSSR count). The highest BCUT2D eigenvalue weighted by atomic mass is 35.5. The predicted molar refractivity (Wildman–Crippen MR) is 139 cm³/mol. The quantitative estimate of drug-likeness (QED) is 0.260. The zero-order chi connectivity index (χ0) is 26.0. The Hall–Kier alpha value is -3.14. The van der Waals surface area contributed by atoms with Gasteiger partial charge in [-0.05, 0) is 66.6 Å². The molecule has 36 heavy (non-hydrogen) atoms. The Balaban J connectivity index is 1.86. The van der Waals surface area contributed by atoms with Gasteiger partial charge in [0.2, 0.25) is 0 Å². The number of aryl methyl sites for hydroxylation is 1. The Kier molecular flexibility index (Phi) is 7.54. The van der Waals surface area contributed by atoms with Gasteiger partial charge in [-0.25, -0.2) is 13.2 Å². The van der Waals surface area contributed by atoms with Crippen LogP contribution in [0.1, 0.15) is 32.0 Å². The average Bonchev–Trinajstić information content (AvgIpc) is 3.26. The lowest BCUT2D eigenvalue weighted by molar-refractivity contribution is -0.138. The van der Waals surface area contributed by atoms with E-state index in [0.29, 0.717) is 35.5 Å². The second-order valence-electron chi connectivity index (χ2n) is 8.30. The van der Waals surface area contributed by atoms with Gasteiger partial charge in [-0.3, -0.25) is 4.31 Å². The maximum Gasteiger partial charge on any atom is 0.327 e. The molecule has 1 atom stereocenters. The van der Waals surface area contributed by atoms with Crippen molar-refractivity contribution in [1.29, 1.82) is 0 Å². The predicted octanol–water partition coefficient (Wildman–Crippen LogP) is 6.34. The van der Waals surface area contributed by atoms with Crippen molar-refractivity contribution in [2.24, 2.45) is 0 Å². The van der Waals surface area contributed by atoms with Gasteiger partial charge in [0.25, 0.3) is 15.9 Å². The first-order chi connectivity index (χ1) is 17.1. The monoisotopic (exact) mass is 547 g/mol. The molecule has 0 spiro atoms. The van der Waals surface area contributed by atoms with E-state index in [9.17, 15) is 18.3 Å². The molecule has 3 aromatic carbocycles. The minimum absolute atomic E-state index is 0.128. The highest BCUT2D eigenvalue weighted by Gasteiger charge is 2.36. The first kappa shape index (κ1) is 25.9. The molecule has 1 unspecified atom stereocenters. The number of halogens is 2. The van der Waals surface area contributed by atoms with E-state index in [1.165, 1.54) is 18.2 Å². The highest BCUT2D eigenvalue weighted by Crippen LogP contribution is 2.34. The number of carboxylic acid groups (broad SMARTS) is 1. The summed E-state index contributed by atoms with van der Waals surface area (Å²) in [5.74, 6) is -0.373. The molecule has 0 aliphatic heterocycles. The summed E-state index contributed by atoms with van der Waals surface area (Å²) in [5, 5.41) is 15.6. The third-order valence-corrected chi connectivity index (χ3v) is 7.90. The number of fused-ring (bicyclic) bond motifs is 1. The molecular weight excluding hydrogens is 525 g/mol. The second kappa shape index (κ2) is 10.5. The number of aliphatic carboxylic acids is 1. The minimum atomic E-state index is -4.34. The summed E-state index contributed by atoms with van der Waals surface area (Å²) in [4.78, 5) is 16.4. The van der Waals surface area contributed by atoms with Crippen molar-refractivity contribution in [3.05, 3.63) is 70.5 Å². The van der Waals surface area contributed by atoms with Gasteiger partial charge in [0.05, 0.1) is 10.6 Å². The fraction of sp³-hybridized carbons (Fsp3) is 0.240. The van der Waals surface area contributed by atoms with Crippen LogP contribution in [-0.2, 0) is 14.8 Å². The smallest absolute Gasteiger partial charge is 0.327 e. The standard InChI is InChI=1S/C25H23Cl2N3O5S/c1-3-4-5-23(25(31)32)30(36(33,34)22-13-19(26)12-20(27)14-22)21-9-8-16-10-18(7-6-17(16)11-21)24-28-15(2)29-35-24/h6-14,23H,3-5H2,1-2H3,(H,31,32). The van der Waals surface area contributed by atoms with Crippen LogP contribution in [0.25, 0.3) is 22.2 Å². The molecule has 0 amide bonds. The summed E-state index contributed by atoms with van der Waals surface area (Å²) in [7, 11) is -4.34. The van der Waals surface area contributed by atoms with Crippen LogP contribution >= 0.6 is 23.2 Å². The molecule has 8 nitrogen and oxygen atoms in total. The lowest BCUT2D eigenvalue weighted by Crippen LogP contribution is -2.45. The normalized spacial score (nSPS) is 12.6. The van der Waals surface area contributed by atoms with Gasteiger partial charge in [0.1, 0.15) is 6.04 Å². The number of carboxylic acids is 1. The van der Waals surface area contributed by atoms with E-state index in [2.05, 4.69) is 10.1 Å². The van der Waals surface area contributed by atoms with Gasteiger partial charge in [-0.2, -0.15) is 4.98 Å². The van der Waals surface area contributed by atoms with Gasteiger partial charge in [-0.15, -0.1) is 0 Å². The lowest BCUT2D eigenvalue weighted by atomic mass is 10.0. The maximum atomic E-state index is 13.8. The summed E-state index contributed by atoms with van der Waals surface area (Å²) in [6.07, 6.45) is 1.36. The fourth-order valence-electron chi connectivity index (χ4n) is 3.93. The summed E-state index contributed by atoms with van der Waals surface area (Å²) in [6.45, 7) is 3.63. The minimum Gasteiger partial charge on any atom is -0.480 e. The third kappa shape index (κ3) is 5.33. The van der Waals surface area contributed by atoms with E-state index in [1.54, 1.807) is 37.3 Å². The third-order valence-electron chi connectivity index (χ3n) is 5.64. The topological polar surface area (TPSA) is 114 Å². The number of hydrogen-bond acceptors (Lipinski definition) is 6.